The van der Waals surface area contributed by atoms with Gasteiger partial charge in [-0.15, -0.1) is 11.8 Å². The molecule has 0 aliphatic rings. The van der Waals surface area contributed by atoms with E-state index in [9.17, 15) is 4.79 Å². The minimum absolute atomic E-state index is 0.0270. The van der Waals surface area contributed by atoms with Crippen molar-refractivity contribution in [3.63, 3.8) is 0 Å². The van der Waals surface area contributed by atoms with Gasteiger partial charge in [-0.1, -0.05) is 47.5 Å². The van der Waals surface area contributed by atoms with Gasteiger partial charge in [0.15, 0.2) is 5.78 Å². The Morgan fingerprint density at radius 3 is 1.93 bits per heavy atom. The van der Waals surface area contributed by atoms with Gasteiger partial charge < -0.3 is 4.74 Å². The number of carbonyl (C=O) groups excluding carboxylic acids is 1. The Morgan fingerprint density at radius 2 is 1.38 bits per heavy atom. The first-order chi connectivity index (χ1) is 14.0. The lowest BCUT2D eigenvalue weighted by Gasteiger charge is -2.12. The van der Waals surface area contributed by atoms with E-state index < -0.39 is 0 Å². The number of ether oxygens (including phenoxy) is 1. The summed E-state index contributed by atoms with van der Waals surface area (Å²) in [5.41, 5.74) is 2.67. The lowest BCUT2D eigenvalue weighted by molar-refractivity contribution is 0.104. The minimum Gasteiger partial charge on any atom is -0.497 e. The van der Waals surface area contributed by atoms with Gasteiger partial charge in [-0.05, 0) is 82.2 Å². The van der Waals surface area contributed by atoms with Crippen LogP contribution in [-0.2, 0) is 5.75 Å². The Balaban J connectivity index is 1.95. The fourth-order valence-electron chi connectivity index (χ4n) is 2.57. The molecule has 0 saturated heterocycles. The van der Waals surface area contributed by atoms with Crippen molar-refractivity contribution in [2.75, 3.05) is 7.11 Å². The number of benzene rings is 3. The molecule has 3 rings (SSSR count). The topological polar surface area (TPSA) is 26.3 Å². The smallest absolute Gasteiger partial charge is 0.200 e. The molecule has 0 bridgehead atoms. The number of hydrogen-bond donors (Lipinski definition) is 0. The molecule has 2 nitrogen and oxygen atoms in total. The van der Waals surface area contributed by atoms with E-state index in [1.165, 1.54) is 11.8 Å². The van der Waals surface area contributed by atoms with Gasteiger partial charge in [-0.2, -0.15) is 0 Å². The van der Waals surface area contributed by atoms with E-state index in [4.69, 9.17) is 27.9 Å². The lowest BCUT2D eigenvalue weighted by Crippen LogP contribution is -2.03. The first-order valence-electron chi connectivity index (χ1n) is 8.69. The molecule has 0 fully saturated rings. The third-order valence-corrected chi connectivity index (χ3v) is 7.34. The number of rotatable bonds is 7. The van der Waals surface area contributed by atoms with Crippen LogP contribution in [0.2, 0.25) is 10.0 Å². The number of Topliss-reactive ketones (excluding diaryl/α,β-unsaturated/α-hetero) is 1. The zero-order valence-corrected chi connectivity index (χ0v) is 20.0. The SMILES string of the molecule is COc1ccc(C(I)=C(SCc2ccc(Cl)cc2)C(=O)c2ccc(Cl)cc2)cc1. The minimum atomic E-state index is -0.0270. The van der Waals surface area contributed by atoms with Crippen LogP contribution >= 0.6 is 57.6 Å². The van der Waals surface area contributed by atoms with Gasteiger partial charge in [0.2, 0.25) is 0 Å². The average molecular weight is 555 g/mol. The molecule has 0 atom stereocenters. The maximum absolute atomic E-state index is 13.3. The Hall–Kier alpha value is -1.47. The van der Waals surface area contributed by atoms with E-state index in [0.29, 0.717) is 26.3 Å². The number of ketones is 1. The molecule has 0 spiro atoms. The summed E-state index contributed by atoms with van der Waals surface area (Å²) in [7, 11) is 1.63. The summed E-state index contributed by atoms with van der Waals surface area (Å²) in [4.78, 5) is 14.0. The zero-order chi connectivity index (χ0) is 20.8. The van der Waals surface area contributed by atoms with E-state index in [1.54, 1.807) is 31.4 Å². The summed E-state index contributed by atoms with van der Waals surface area (Å²) < 4.78 is 6.13. The number of thioether (sulfide) groups is 1. The van der Waals surface area contributed by atoms with Crippen molar-refractivity contribution in [3.8, 4) is 5.75 Å². The first-order valence-corrected chi connectivity index (χ1v) is 11.5. The number of halogens is 3. The monoisotopic (exact) mass is 554 g/mol. The summed E-state index contributed by atoms with van der Waals surface area (Å²) >= 11 is 15.7. The highest BCUT2D eigenvalue weighted by Gasteiger charge is 2.18. The summed E-state index contributed by atoms with van der Waals surface area (Å²) in [6.45, 7) is 0. The van der Waals surface area contributed by atoms with Gasteiger partial charge >= 0.3 is 0 Å². The molecular formula is C23H17Cl2IO2S. The third kappa shape index (κ3) is 6.01. The fraction of sp³-hybridized carbons (Fsp3) is 0.0870. The molecule has 0 unspecified atom stereocenters. The highest BCUT2D eigenvalue weighted by atomic mass is 127. The molecule has 0 radical (unpaired) electrons. The molecule has 0 saturated carbocycles. The second-order valence-corrected chi connectivity index (χ2v) is 9.06. The normalized spacial score (nSPS) is 11.7. The third-order valence-electron chi connectivity index (χ3n) is 4.15. The second kappa shape index (κ2) is 10.5. The van der Waals surface area contributed by atoms with Crippen molar-refractivity contribution in [3.05, 3.63) is 104 Å². The summed E-state index contributed by atoms with van der Waals surface area (Å²) in [6.07, 6.45) is 0. The van der Waals surface area contributed by atoms with Gasteiger partial charge in [-0.25, -0.2) is 0 Å². The summed E-state index contributed by atoms with van der Waals surface area (Å²) in [5, 5.41) is 1.30. The number of methoxy groups -OCH3 is 1. The molecule has 0 aromatic heterocycles. The average Bonchev–Trinajstić information content (AvgIpc) is 2.75. The van der Waals surface area contributed by atoms with Crippen LogP contribution < -0.4 is 4.74 Å². The van der Waals surface area contributed by atoms with Crippen molar-refractivity contribution in [2.24, 2.45) is 0 Å². The van der Waals surface area contributed by atoms with E-state index in [2.05, 4.69) is 22.6 Å². The van der Waals surface area contributed by atoms with Crippen LogP contribution in [0.4, 0.5) is 0 Å². The Bertz CT molecular complexity index is 1010. The molecule has 0 aliphatic carbocycles. The van der Waals surface area contributed by atoms with Crippen molar-refractivity contribution in [2.45, 2.75) is 5.75 Å². The van der Waals surface area contributed by atoms with E-state index >= 15 is 0 Å². The maximum atomic E-state index is 13.3. The summed E-state index contributed by atoms with van der Waals surface area (Å²) in [5.74, 6) is 1.41. The summed E-state index contributed by atoms with van der Waals surface area (Å²) in [6, 6.07) is 22.3. The van der Waals surface area contributed by atoms with E-state index in [0.717, 1.165) is 20.5 Å². The maximum Gasteiger partial charge on any atom is 0.200 e. The van der Waals surface area contributed by atoms with Gasteiger partial charge in [0.05, 0.1) is 12.0 Å². The van der Waals surface area contributed by atoms with Crippen LogP contribution in [0.1, 0.15) is 21.5 Å². The van der Waals surface area contributed by atoms with Gasteiger partial charge in [-0.3, -0.25) is 4.79 Å². The van der Waals surface area contributed by atoms with Gasteiger partial charge in [0, 0.05) is 24.9 Å². The van der Waals surface area contributed by atoms with Crippen LogP contribution in [-0.4, -0.2) is 12.9 Å². The molecule has 0 aliphatic heterocycles. The van der Waals surface area contributed by atoms with Crippen LogP contribution in [0.5, 0.6) is 5.75 Å². The van der Waals surface area contributed by atoms with Crippen molar-refractivity contribution in [1.29, 1.82) is 0 Å². The molecule has 0 amide bonds. The number of hydrogen-bond acceptors (Lipinski definition) is 3. The van der Waals surface area contributed by atoms with Crippen LogP contribution in [0.25, 0.3) is 3.58 Å². The molecule has 3 aromatic carbocycles. The van der Waals surface area contributed by atoms with E-state index in [-0.39, 0.29) is 5.78 Å². The standard InChI is InChI=1S/C23H17Cl2IO2S/c1-28-20-12-6-16(7-13-20)21(26)23(22(27)17-4-10-19(25)11-5-17)29-14-15-2-8-18(24)9-3-15/h2-13H,14H2,1H3. The Labute approximate surface area is 198 Å². The quantitative estimate of drug-likeness (QED) is 0.168. The van der Waals surface area contributed by atoms with E-state index in [1.807, 2.05) is 48.5 Å². The predicted octanol–water partition coefficient (Wildman–Crippen LogP) is 7.92. The molecule has 6 heteroatoms. The van der Waals surface area contributed by atoms with Gasteiger partial charge in [0.1, 0.15) is 5.75 Å². The molecular weight excluding hydrogens is 538 g/mol. The zero-order valence-electron chi connectivity index (χ0n) is 15.5. The molecule has 0 heterocycles. The van der Waals surface area contributed by atoms with Crippen LogP contribution in [0.15, 0.2) is 77.7 Å². The predicted molar refractivity (Wildman–Crippen MR) is 132 cm³/mol. The Kier molecular flexibility index (Phi) is 8.07. The molecule has 3 aromatic rings. The lowest BCUT2D eigenvalue weighted by atomic mass is 10.1. The molecule has 148 valence electrons. The van der Waals surface area contributed by atoms with Gasteiger partial charge in [0.25, 0.3) is 0 Å². The molecule has 29 heavy (non-hydrogen) atoms. The second-order valence-electron chi connectivity index (χ2n) is 6.12. The molecule has 0 N–H and O–H groups in total. The van der Waals surface area contributed by atoms with Crippen molar-refractivity contribution < 1.29 is 9.53 Å². The highest BCUT2D eigenvalue weighted by molar-refractivity contribution is 14.1. The first kappa shape index (κ1) is 22.2. The number of carbonyl (C=O) groups is 1. The fourth-order valence-corrected chi connectivity index (χ4v) is 4.89. The van der Waals surface area contributed by atoms with Crippen molar-refractivity contribution >= 4 is 66.9 Å². The Morgan fingerprint density at radius 1 is 0.862 bits per heavy atom. The highest BCUT2D eigenvalue weighted by Crippen LogP contribution is 2.37. The number of allylic oxidation sites excluding steroid dienone is 1. The van der Waals surface area contributed by atoms with Crippen LogP contribution in [0, 0.1) is 0 Å². The van der Waals surface area contributed by atoms with Crippen LogP contribution in [0.3, 0.4) is 0 Å². The van der Waals surface area contributed by atoms with Crippen molar-refractivity contribution in [1.82, 2.24) is 0 Å². The largest absolute Gasteiger partial charge is 0.497 e.